The van der Waals surface area contributed by atoms with Gasteiger partial charge in [0.15, 0.2) is 17.3 Å². The number of rotatable bonds is 7. The number of carbonyl (C=O) groups is 1. The van der Waals surface area contributed by atoms with Crippen LogP contribution in [0, 0.1) is 6.92 Å². The second kappa shape index (κ2) is 7.80. The molecule has 0 saturated heterocycles. The summed E-state index contributed by atoms with van der Waals surface area (Å²) >= 11 is 1.51. The lowest BCUT2D eigenvalue weighted by molar-refractivity contribution is 0.105. The Balaban J connectivity index is 2.14. The van der Waals surface area contributed by atoms with E-state index in [9.17, 15) is 4.79 Å². The van der Waals surface area contributed by atoms with E-state index >= 15 is 0 Å². The average molecular weight is 316 g/mol. The van der Waals surface area contributed by atoms with Gasteiger partial charge in [-0.3, -0.25) is 4.79 Å². The Morgan fingerprint density at radius 2 is 2.05 bits per heavy atom. The molecule has 1 aromatic heterocycles. The number of carbonyl (C=O) groups excluding carboxylic acids is 1. The molecule has 22 heavy (non-hydrogen) atoms. The molecule has 2 aromatic rings. The third-order valence-corrected chi connectivity index (χ3v) is 4.07. The third-order valence-electron chi connectivity index (χ3n) is 3.06. The Morgan fingerprint density at radius 3 is 2.68 bits per heavy atom. The molecule has 0 aliphatic rings. The number of aryl methyl sites for hydroxylation is 1. The zero-order valence-electron chi connectivity index (χ0n) is 13.1. The molecule has 116 valence electrons. The maximum absolute atomic E-state index is 12.1. The van der Waals surface area contributed by atoms with Crippen molar-refractivity contribution in [1.82, 2.24) is 0 Å². The standard InChI is InChI=1S/C18H20O3S/c1-4-11-21-17-12-14(7-9-16(17)20-3)6-8-15(19)18-10-5-13(2)22-18/h5-10,12H,4,11H2,1-3H3/b8-6+. The number of allylic oxidation sites excluding steroid dienone is 1. The smallest absolute Gasteiger partial charge is 0.195 e. The quantitative estimate of drug-likeness (QED) is 0.546. The molecule has 0 aliphatic heterocycles. The summed E-state index contributed by atoms with van der Waals surface area (Å²) in [5.74, 6) is 1.42. The number of benzene rings is 1. The summed E-state index contributed by atoms with van der Waals surface area (Å²) < 4.78 is 11.0. The molecule has 2 rings (SSSR count). The van der Waals surface area contributed by atoms with Crippen LogP contribution in [0.3, 0.4) is 0 Å². The first-order valence-corrected chi connectivity index (χ1v) is 8.05. The van der Waals surface area contributed by atoms with E-state index in [1.54, 1.807) is 19.3 Å². The van der Waals surface area contributed by atoms with Gasteiger partial charge in [0.2, 0.25) is 0 Å². The SMILES string of the molecule is CCCOc1cc(/C=C/C(=O)c2ccc(C)s2)ccc1OC. The molecule has 0 unspecified atom stereocenters. The van der Waals surface area contributed by atoms with Crippen LogP contribution < -0.4 is 9.47 Å². The zero-order valence-corrected chi connectivity index (χ0v) is 13.9. The highest BCUT2D eigenvalue weighted by atomic mass is 32.1. The Bertz CT molecular complexity index is 671. The van der Waals surface area contributed by atoms with E-state index in [-0.39, 0.29) is 5.78 Å². The Kier molecular flexibility index (Phi) is 5.78. The van der Waals surface area contributed by atoms with Crippen LogP contribution in [-0.2, 0) is 0 Å². The minimum atomic E-state index is 0.0185. The fourth-order valence-corrected chi connectivity index (χ4v) is 2.73. The van der Waals surface area contributed by atoms with E-state index in [4.69, 9.17) is 9.47 Å². The highest BCUT2D eigenvalue weighted by Gasteiger charge is 2.06. The fraction of sp³-hybridized carbons (Fsp3) is 0.278. The first-order valence-electron chi connectivity index (χ1n) is 7.23. The van der Waals surface area contributed by atoms with Crippen LogP contribution in [0.5, 0.6) is 11.5 Å². The summed E-state index contributed by atoms with van der Waals surface area (Å²) in [5, 5.41) is 0. The van der Waals surface area contributed by atoms with Gasteiger partial charge in [-0.25, -0.2) is 0 Å². The van der Waals surface area contributed by atoms with Crippen molar-refractivity contribution in [3.63, 3.8) is 0 Å². The topological polar surface area (TPSA) is 35.5 Å². The van der Waals surface area contributed by atoms with Crippen LogP contribution in [0.2, 0.25) is 0 Å². The van der Waals surface area contributed by atoms with E-state index in [0.717, 1.165) is 21.7 Å². The number of hydrogen-bond acceptors (Lipinski definition) is 4. The van der Waals surface area contributed by atoms with E-state index < -0.39 is 0 Å². The van der Waals surface area contributed by atoms with Gasteiger partial charge < -0.3 is 9.47 Å². The van der Waals surface area contributed by atoms with Gasteiger partial charge >= 0.3 is 0 Å². The van der Waals surface area contributed by atoms with Gasteiger partial charge in [0.05, 0.1) is 18.6 Å². The van der Waals surface area contributed by atoms with Crippen molar-refractivity contribution in [2.24, 2.45) is 0 Å². The molecule has 3 nitrogen and oxygen atoms in total. The Labute approximate surface area is 135 Å². The van der Waals surface area contributed by atoms with Crippen molar-refractivity contribution < 1.29 is 14.3 Å². The number of hydrogen-bond donors (Lipinski definition) is 0. The lowest BCUT2D eigenvalue weighted by Gasteiger charge is -2.10. The average Bonchev–Trinajstić information content (AvgIpc) is 2.97. The summed E-state index contributed by atoms with van der Waals surface area (Å²) in [6.07, 6.45) is 4.33. The maximum Gasteiger partial charge on any atom is 0.195 e. The maximum atomic E-state index is 12.1. The van der Waals surface area contributed by atoms with Gasteiger partial charge in [0.25, 0.3) is 0 Å². The minimum Gasteiger partial charge on any atom is -0.493 e. The zero-order chi connectivity index (χ0) is 15.9. The second-order valence-electron chi connectivity index (χ2n) is 4.87. The van der Waals surface area contributed by atoms with Crippen molar-refractivity contribution in [3.05, 3.63) is 51.7 Å². The van der Waals surface area contributed by atoms with E-state index in [1.165, 1.54) is 11.3 Å². The van der Waals surface area contributed by atoms with Crippen molar-refractivity contribution in [1.29, 1.82) is 0 Å². The molecule has 4 heteroatoms. The fourth-order valence-electron chi connectivity index (χ4n) is 1.94. The monoisotopic (exact) mass is 316 g/mol. The molecular weight excluding hydrogens is 296 g/mol. The molecule has 1 heterocycles. The van der Waals surface area contributed by atoms with Crippen LogP contribution in [0.4, 0.5) is 0 Å². The molecule has 0 amide bonds. The molecule has 0 bridgehead atoms. The molecule has 1 aromatic carbocycles. The molecular formula is C18H20O3S. The Hall–Kier alpha value is -2.07. The van der Waals surface area contributed by atoms with Crippen molar-refractivity contribution in [2.45, 2.75) is 20.3 Å². The van der Waals surface area contributed by atoms with E-state index in [1.807, 2.05) is 37.3 Å². The lowest BCUT2D eigenvalue weighted by Crippen LogP contribution is -1.98. The highest BCUT2D eigenvalue weighted by molar-refractivity contribution is 7.14. The summed E-state index contributed by atoms with van der Waals surface area (Å²) in [5.41, 5.74) is 0.911. The van der Waals surface area contributed by atoms with Crippen molar-refractivity contribution in [2.75, 3.05) is 13.7 Å². The van der Waals surface area contributed by atoms with Crippen LogP contribution in [0.15, 0.2) is 36.4 Å². The molecule has 0 radical (unpaired) electrons. The molecule has 0 saturated carbocycles. The van der Waals surface area contributed by atoms with Gasteiger partial charge in [-0.1, -0.05) is 19.1 Å². The summed E-state index contributed by atoms with van der Waals surface area (Å²) in [7, 11) is 1.62. The van der Waals surface area contributed by atoms with Crippen LogP contribution in [0.1, 0.15) is 33.5 Å². The number of methoxy groups -OCH3 is 1. The first-order chi connectivity index (χ1) is 10.6. The van der Waals surface area contributed by atoms with Crippen LogP contribution in [0.25, 0.3) is 6.08 Å². The molecule has 0 fully saturated rings. The van der Waals surface area contributed by atoms with Crippen LogP contribution in [-0.4, -0.2) is 19.5 Å². The van der Waals surface area contributed by atoms with Gasteiger partial charge in [-0.05, 0) is 49.2 Å². The number of ether oxygens (including phenoxy) is 2. The largest absolute Gasteiger partial charge is 0.493 e. The minimum absolute atomic E-state index is 0.0185. The number of ketones is 1. The molecule has 0 atom stereocenters. The molecule has 0 aliphatic carbocycles. The summed E-state index contributed by atoms with van der Waals surface area (Å²) in [6.45, 7) is 4.68. The second-order valence-corrected chi connectivity index (χ2v) is 6.15. The predicted molar refractivity (Wildman–Crippen MR) is 91.2 cm³/mol. The van der Waals surface area contributed by atoms with Crippen molar-refractivity contribution >= 4 is 23.2 Å². The number of thiophene rings is 1. The van der Waals surface area contributed by atoms with Crippen molar-refractivity contribution in [3.8, 4) is 11.5 Å². The van der Waals surface area contributed by atoms with Gasteiger partial charge in [-0.15, -0.1) is 11.3 Å². The van der Waals surface area contributed by atoms with Gasteiger partial charge in [0, 0.05) is 4.88 Å². The van der Waals surface area contributed by atoms with Gasteiger partial charge in [-0.2, -0.15) is 0 Å². The lowest BCUT2D eigenvalue weighted by atomic mass is 10.1. The summed E-state index contributed by atoms with van der Waals surface area (Å²) in [6, 6.07) is 9.45. The first kappa shape index (κ1) is 16.3. The van der Waals surface area contributed by atoms with Gasteiger partial charge in [0.1, 0.15) is 0 Å². The molecule has 0 spiro atoms. The normalized spacial score (nSPS) is 10.9. The third kappa shape index (κ3) is 4.21. The predicted octanol–water partition coefficient (Wildman–Crippen LogP) is 4.75. The Morgan fingerprint density at radius 1 is 1.23 bits per heavy atom. The highest BCUT2D eigenvalue weighted by Crippen LogP contribution is 2.28. The summed E-state index contributed by atoms with van der Waals surface area (Å²) in [4.78, 5) is 14.0. The van der Waals surface area contributed by atoms with Crippen LogP contribution >= 0.6 is 11.3 Å². The van der Waals surface area contributed by atoms with E-state index in [0.29, 0.717) is 18.1 Å². The molecule has 0 N–H and O–H groups in total. The van der Waals surface area contributed by atoms with E-state index in [2.05, 4.69) is 6.92 Å².